The van der Waals surface area contributed by atoms with Crippen molar-refractivity contribution < 1.29 is 0 Å². The van der Waals surface area contributed by atoms with Gasteiger partial charge in [0.25, 0.3) is 0 Å². The van der Waals surface area contributed by atoms with E-state index in [0.29, 0.717) is 11.6 Å². The molecular formula is C7H13N5. The lowest BCUT2D eigenvalue weighted by molar-refractivity contribution is 0.905. The van der Waals surface area contributed by atoms with E-state index in [4.69, 9.17) is 11.6 Å². The number of hydrogen-bond acceptors (Lipinski definition) is 5. The van der Waals surface area contributed by atoms with Crippen LogP contribution >= 0.6 is 0 Å². The van der Waals surface area contributed by atoms with Crippen LogP contribution in [-0.2, 0) is 6.42 Å². The van der Waals surface area contributed by atoms with Crippen LogP contribution < -0.4 is 17.0 Å². The zero-order valence-electron chi connectivity index (χ0n) is 7.04. The Balaban J connectivity index is 3.02. The van der Waals surface area contributed by atoms with E-state index in [9.17, 15) is 0 Å². The van der Waals surface area contributed by atoms with Gasteiger partial charge in [0.05, 0.1) is 0 Å². The van der Waals surface area contributed by atoms with Crippen LogP contribution in [0.5, 0.6) is 0 Å². The topological polar surface area (TPSA) is 89.8 Å². The summed E-state index contributed by atoms with van der Waals surface area (Å²) in [5, 5.41) is 0. The number of hydrogen-bond donors (Lipinski definition) is 3. The van der Waals surface area contributed by atoms with Gasteiger partial charge in [-0.25, -0.2) is 15.8 Å². The first kappa shape index (κ1) is 8.73. The molecule has 1 heterocycles. The van der Waals surface area contributed by atoms with Crippen LogP contribution in [0.4, 0.5) is 11.6 Å². The zero-order chi connectivity index (χ0) is 8.97. The number of nitrogen functional groups attached to an aromatic ring is 2. The minimum Gasteiger partial charge on any atom is -0.383 e. The van der Waals surface area contributed by atoms with Gasteiger partial charge in [0.2, 0.25) is 0 Å². The van der Waals surface area contributed by atoms with Crippen molar-refractivity contribution in [3.63, 3.8) is 0 Å². The fourth-order valence-electron chi connectivity index (χ4n) is 1.05. The largest absolute Gasteiger partial charge is 0.383 e. The zero-order valence-corrected chi connectivity index (χ0v) is 7.04. The summed E-state index contributed by atoms with van der Waals surface area (Å²) in [6.45, 7) is 2.06. The van der Waals surface area contributed by atoms with E-state index in [0.717, 1.165) is 18.4 Å². The van der Waals surface area contributed by atoms with Gasteiger partial charge in [-0.15, -0.1) is 0 Å². The van der Waals surface area contributed by atoms with Gasteiger partial charge in [0, 0.05) is 5.56 Å². The second-order valence-corrected chi connectivity index (χ2v) is 2.48. The molecule has 5 nitrogen and oxygen atoms in total. The van der Waals surface area contributed by atoms with E-state index in [-0.39, 0.29) is 0 Å². The van der Waals surface area contributed by atoms with E-state index in [1.165, 1.54) is 6.33 Å². The van der Waals surface area contributed by atoms with Crippen LogP contribution in [0.1, 0.15) is 18.9 Å². The van der Waals surface area contributed by atoms with Crippen molar-refractivity contribution in [3.05, 3.63) is 11.9 Å². The number of aromatic nitrogens is 2. The molecule has 5 N–H and O–H groups in total. The summed E-state index contributed by atoms with van der Waals surface area (Å²) in [6.07, 6.45) is 3.22. The van der Waals surface area contributed by atoms with E-state index >= 15 is 0 Å². The second kappa shape index (κ2) is 3.87. The average molecular weight is 167 g/mol. The van der Waals surface area contributed by atoms with Crippen LogP contribution in [0, 0.1) is 0 Å². The normalized spacial score (nSPS) is 9.83. The number of hydrazine groups is 1. The Morgan fingerprint density at radius 1 is 1.50 bits per heavy atom. The third-order valence-corrected chi connectivity index (χ3v) is 1.62. The van der Waals surface area contributed by atoms with Crippen molar-refractivity contribution in [1.29, 1.82) is 0 Å². The van der Waals surface area contributed by atoms with Crippen molar-refractivity contribution in [3.8, 4) is 0 Å². The summed E-state index contributed by atoms with van der Waals surface area (Å²) in [5.74, 6) is 6.37. The molecule has 0 amide bonds. The number of anilines is 2. The standard InChI is InChI=1S/C7H13N5/c1-2-3-5-6(8)10-4-11-7(5)12-9/h4H,2-3,9H2,1H3,(H3,8,10,11,12). The first-order valence-corrected chi connectivity index (χ1v) is 3.85. The summed E-state index contributed by atoms with van der Waals surface area (Å²) in [6, 6.07) is 0. The molecule has 0 aromatic carbocycles. The Bertz CT molecular complexity index is 260. The highest BCUT2D eigenvalue weighted by Gasteiger charge is 2.05. The van der Waals surface area contributed by atoms with E-state index in [1.807, 2.05) is 0 Å². The van der Waals surface area contributed by atoms with Crippen LogP contribution in [0.3, 0.4) is 0 Å². The van der Waals surface area contributed by atoms with Crippen molar-refractivity contribution in [2.45, 2.75) is 19.8 Å². The first-order chi connectivity index (χ1) is 5.79. The number of nitrogens with two attached hydrogens (primary N) is 2. The number of nitrogens with one attached hydrogen (secondary N) is 1. The van der Waals surface area contributed by atoms with Crippen LogP contribution in [0.15, 0.2) is 6.33 Å². The predicted octanol–water partition coefficient (Wildman–Crippen LogP) is 0.297. The lowest BCUT2D eigenvalue weighted by Gasteiger charge is -2.07. The molecule has 0 radical (unpaired) electrons. The fraction of sp³-hybridized carbons (Fsp3) is 0.429. The molecule has 0 bridgehead atoms. The summed E-state index contributed by atoms with van der Waals surface area (Å²) in [5.41, 5.74) is 9.02. The van der Waals surface area contributed by atoms with Gasteiger partial charge in [-0.2, -0.15) is 0 Å². The monoisotopic (exact) mass is 167 g/mol. The molecular weight excluding hydrogens is 154 g/mol. The maximum atomic E-state index is 5.64. The maximum absolute atomic E-state index is 5.64. The Hall–Kier alpha value is -1.36. The molecule has 1 rings (SSSR count). The van der Waals surface area contributed by atoms with Gasteiger partial charge in [-0.3, -0.25) is 0 Å². The summed E-state index contributed by atoms with van der Waals surface area (Å²) in [4.78, 5) is 7.83. The molecule has 0 saturated carbocycles. The van der Waals surface area contributed by atoms with Crippen LogP contribution in [-0.4, -0.2) is 9.97 Å². The molecule has 1 aromatic heterocycles. The van der Waals surface area contributed by atoms with Gasteiger partial charge in [-0.1, -0.05) is 13.3 Å². The molecule has 0 aliphatic carbocycles. The second-order valence-electron chi connectivity index (χ2n) is 2.48. The minimum absolute atomic E-state index is 0.500. The van der Waals surface area contributed by atoms with Crippen LogP contribution in [0.25, 0.3) is 0 Å². The van der Waals surface area contributed by atoms with Gasteiger partial charge < -0.3 is 11.2 Å². The Morgan fingerprint density at radius 2 is 2.25 bits per heavy atom. The van der Waals surface area contributed by atoms with Crippen molar-refractivity contribution in [2.75, 3.05) is 11.2 Å². The lowest BCUT2D eigenvalue weighted by atomic mass is 10.1. The van der Waals surface area contributed by atoms with Crippen molar-refractivity contribution >= 4 is 11.6 Å². The smallest absolute Gasteiger partial charge is 0.148 e. The Morgan fingerprint density at radius 3 is 2.83 bits per heavy atom. The van der Waals surface area contributed by atoms with Gasteiger partial charge in [0.1, 0.15) is 18.0 Å². The molecule has 0 aliphatic heterocycles. The molecule has 0 fully saturated rings. The van der Waals surface area contributed by atoms with Gasteiger partial charge in [0.15, 0.2) is 0 Å². The number of rotatable bonds is 3. The van der Waals surface area contributed by atoms with Crippen molar-refractivity contribution in [2.24, 2.45) is 5.84 Å². The Kier molecular flexibility index (Phi) is 2.82. The van der Waals surface area contributed by atoms with Gasteiger partial charge in [-0.05, 0) is 6.42 Å². The maximum Gasteiger partial charge on any atom is 0.148 e. The average Bonchev–Trinajstić information content (AvgIpc) is 2.09. The molecule has 0 atom stereocenters. The molecule has 5 heteroatoms. The third-order valence-electron chi connectivity index (χ3n) is 1.62. The Labute approximate surface area is 71.2 Å². The highest BCUT2D eigenvalue weighted by molar-refractivity contribution is 5.54. The molecule has 12 heavy (non-hydrogen) atoms. The first-order valence-electron chi connectivity index (χ1n) is 3.85. The third kappa shape index (κ3) is 1.62. The lowest BCUT2D eigenvalue weighted by Crippen LogP contribution is -2.13. The van der Waals surface area contributed by atoms with E-state index in [2.05, 4.69) is 22.3 Å². The molecule has 0 aliphatic rings. The summed E-state index contributed by atoms with van der Waals surface area (Å²) >= 11 is 0. The van der Waals surface area contributed by atoms with Crippen molar-refractivity contribution in [1.82, 2.24) is 9.97 Å². The molecule has 0 spiro atoms. The van der Waals surface area contributed by atoms with Gasteiger partial charge >= 0.3 is 0 Å². The predicted molar refractivity (Wildman–Crippen MR) is 48.2 cm³/mol. The summed E-state index contributed by atoms with van der Waals surface area (Å²) in [7, 11) is 0. The number of nitrogens with zero attached hydrogens (tertiary/aromatic N) is 2. The fourth-order valence-corrected chi connectivity index (χ4v) is 1.05. The quantitative estimate of drug-likeness (QED) is 0.445. The molecule has 0 unspecified atom stereocenters. The van der Waals surface area contributed by atoms with E-state index in [1.54, 1.807) is 0 Å². The highest BCUT2D eigenvalue weighted by atomic mass is 15.3. The van der Waals surface area contributed by atoms with E-state index < -0.39 is 0 Å². The molecule has 1 aromatic rings. The highest BCUT2D eigenvalue weighted by Crippen LogP contribution is 2.17. The SMILES string of the molecule is CCCc1c(N)ncnc1NN. The van der Waals surface area contributed by atoms with Crippen LogP contribution in [0.2, 0.25) is 0 Å². The summed E-state index contributed by atoms with van der Waals surface area (Å²) < 4.78 is 0. The minimum atomic E-state index is 0.500. The molecule has 66 valence electrons. The molecule has 0 saturated heterocycles.